The smallest absolute Gasteiger partial charge is 0.0832 e. The Kier molecular flexibility index (Phi) is 5.62. The Labute approximate surface area is 94.0 Å². The fourth-order valence-electron chi connectivity index (χ4n) is 3.02. The zero-order valence-electron chi connectivity index (χ0n) is 10.4. The first kappa shape index (κ1) is 13.0. The monoisotopic (exact) mass is 214 g/mol. The molecule has 1 aliphatic rings. The fraction of sp³-hybridized carbons (Fsp3) is 1.00. The van der Waals surface area contributed by atoms with E-state index in [1.165, 1.54) is 32.1 Å². The first-order chi connectivity index (χ1) is 7.24. The SMILES string of the molecule is CCC1CCCCC1C(O)C(CC)OC. The van der Waals surface area contributed by atoms with Crippen LogP contribution in [0, 0.1) is 11.8 Å². The average molecular weight is 214 g/mol. The van der Waals surface area contributed by atoms with Gasteiger partial charge in [0.25, 0.3) is 0 Å². The van der Waals surface area contributed by atoms with Crippen LogP contribution in [-0.2, 0) is 4.74 Å². The Balaban J connectivity index is 2.57. The highest BCUT2D eigenvalue weighted by Crippen LogP contribution is 2.36. The Morgan fingerprint density at radius 2 is 1.93 bits per heavy atom. The van der Waals surface area contributed by atoms with Gasteiger partial charge in [0.15, 0.2) is 0 Å². The molecule has 2 nitrogen and oxygen atoms in total. The van der Waals surface area contributed by atoms with Crippen LogP contribution in [0.3, 0.4) is 0 Å². The van der Waals surface area contributed by atoms with Crippen LogP contribution in [0.4, 0.5) is 0 Å². The van der Waals surface area contributed by atoms with Gasteiger partial charge in [-0.1, -0.05) is 39.5 Å². The molecule has 90 valence electrons. The van der Waals surface area contributed by atoms with E-state index in [1.807, 2.05) is 0 Å². The van der Waals surface area contributed by atoms with E-state index in [9.17, 15) is 5.11 Å². The molecule has 1 fully saturated rings. The van der Waals surface area contributed by atoms with Gasteiger partial charge < -0.3 is 9.84 Å². The second-order valence-electron chi connectivity index (χ2n) is 4.79. The largest absolute Gasteiger partial charge is 0.390 e. The Morgan fingerprint density at radius 1 is 1.27 bits per heavy atom. The first-order valence-corrected chi connectivity index (χ1v) is 6.45. The van der Waals surface area contributed by atoms with Crippen molar-refractivity contribution < 1.29 is 9.84 Å². The topological polar surface area (TPSA) is 29.5 Å². The summed E-state index contributed by atoms with van der Waals surface area (Å²) in [4.78, 5) is 0. The lowest BCUT2D eigenvalue weighted by atomic mass is 9.73. The summed E-state index contributed by atoms with van der Waals surface area (Å²) in [6, 6.07) is 0. The van der Waals surface area contributed by atoms with Crippen molar-refractivity contribution in [2.75, 3.05) is 7.11 Å². The molecule has 1 aliphatic carbocycles. The highest BCUT2D eigenvalue weighted by Gasteiger charge is 2.33. The van der Waals surface area contributed by atoms with Crippen LogP contribution in [0.5, 0.6) is 0 Å². The number of hydrogen-bond donors (Lipinski definition) is 1. The van der Waals surface area contributed by atoms with Gasteiger partial charge in [0, 0.05) is 7.11 Å². The second kappa shape index (κ2) is 6.49. The lowest BCUT2D eigenvalue weighted by molar-refractivity contribution is -0.0655. The molecule has 1 N–H and O–H groups in total. The van der Waals surface area contributed by atoms with Crippen molar-refractivity contribution in [2.24, 2.45) is 11.8 Å². The second-order valence-corrected chi connectivity index (χ2v) is 4.79. The molecule has 0 aromatic heterocycles. The van der Waals surface area contributed by atoms with Gasteiger partial charge in [0.1, 0.15) is 0 Å². The van der Waals surface area contributed by atoms with Gasteiger partial charge in [-0.15, -0.1) is 0 Å². The Morgan fingerprint density at radius 3 is 2.47 bits per heavy atom. The standard InChI is InChI=1S/C13H26O2/c1-4-10-8-6-7-9-11(10)13(14)12(5-2)15-3/h10-14H,4-9H2,1-3H3. The molecule has 0 amide bonds. The van der Waals surface area contributed by atoms with Crippen LogP contribution in [0.1, 0.15) is 52.4 Å². The third-order valence-electron chi connectivity index (χ3n) is 4.02. The Bertz CT molecular complexity index is 166. The quantitative estimate of drug-likeness (QED) is 0.762. The summed E-state index contributed by atoms with van der Waals surface area (Å²) in [5.41, 5.74) is 0. The van der Waals surface area contributed by atoms with Crippen LogP contribution < -0.4 is 0 Å². The highest BCUT2D eigenvalue weighted by atomic mass is 16.5. The van der Waals surface area contributed by atoms with E-state index in [-0.39, 0.29) is 12.2 Å². The normalized spacial score (nSPS) is 31.2. The van der Waals surface area contributed by atoms with Crippen molar-refractivity contribution in [3.05, 3.63) is 0 Å². The van der Waals surface area contributed by atoms with E-state index in [1.54, 1.807) is 7.11 Å². The van der Waals surface area contributed by atoms with Crippen molar-refractivity contribution in [1.82, 2.24) is 0 Å². The van der Waals surface area contributed by atoms with Gasteiger partial charge in [0.2, 0.25) is 0 Å². The van der Waals surface area contributed by atoms with Crippen LogP contribution in [0.25, 0.3) is 0 Å². The summed E-state index contributed by atoms with van der Waals surface area (Å²) < 4.78 is 5.36. The molecule has 0 bridgehead atoms. The van der Waals surface area contributed by atoms with Crippen molar-refractivity contribution >= 4 is 0 Å². The van der Waals surface area contributed by atoms with Gasteiger partial charge >= 0.3 is 0 Å². The molecule has 0 aromatic carbocycles. The third-order valence-corrected chi connectivity index (χ3v) is 4.02. The maximum atomic E-state index is 10.3. The van der Waals surface area contributed by atoms with Gasteiger partial charge in [-0.2, -0.15) is 0 Å². The number of aliphatic hydroxyl groups is 1. The van der Waals surface area contributed by atoms with E-state index in [2.05, 4.69) is 13.8 Å². The van der Waals surface area contributed by atoms with E-state index < -0.39 is 0 Å². The summed E-state index contributed by atoms with van der Waals surface area (Å²) >= 11 is 0. The molecule has 4 unspecified atom stereocenters. The molecule has 2 heteroatoms. The van der Waals surface area contributed by atoms with Crippen molar-refractivity contribution in [3.8, 4) is 0 Å². The third kappa shape index (κ3) is 3.18. The lowest BCUT2D eigenvalue weighted by Gasteiger charge is -2.37. The molecule has 0 heterocycles. The first-order valence-electron chi connectivity index (χ1n) is 6.45. The number of rotatable bonds is 5. The minimum Gasteiger partial charge on any atom is -0.390 e. The van der Waals surface area contributed by atoms with Gasteiger partial charge in [0.05, 0.1) is 12.2 Å². The van der Waals surface area contributed by atoms with Gasteiger partial charge in [-0.05, 0) is 24.7 Å². The molecule has 0 saturated heterocycles. The summed E-state index contributed by atoms with van der Waals surface area (Å²) in [5, 5.41) is 10.3. The summed E-state index contributed by atoms with van der Waals surface area (Å²) in [7, 11) is 1.71. The van der Waals surface area contributed by atoms with E-state index in [0.717, 1.165) is 6.42 Å². The van der Waals surface area contributed by atoms with Crippen molar-refractivity contribution in [1.29, 1.82) is 0 Å². The van der Waals surface area contributed by atoms with Crippen molar-refractivity contribution in [2.45, 2.75) is 64.6 Å². The van der Waals surface area contributed by atoms with Crippen LogP contribution in [-0.4, -0.2) is 24.4 Å². The number of methoxy groups -OCH3 is 1. The summed E-state index contributed by atoms with van der Waals surface area (Å²) in [6.45, 7) is 4.32. The minimum absolute atomic E-state index is 0.0298. The number of hydrogen-bond acceptors (Lipinski definition) is 2. The van der Waals surface area contributed by atoms with E-state index >= 15 is 0 Å². The molecular formula is C13H26O2. The maximum Gasteiger partial charge on any atom is 0.0832 e. The van der Waals surface area contributed by atoms with Crippen LogP contribution in [0.2, 0.25) is 0 Å². The number of ether oxygens (including phenoxy) is 1. The zero-order chi connectivity index (χ0) is 11.3. The molecule has 0 spiro atoms. The van der Waals surface area contributed by atoms with Crippen LogP contribution in [0.15, 0.2) is 0 Å². The fourth-order valence-corrected chi connectivity index (χ4v) is 3.02. The van der Waals surface area contributed by atoms with Gasteiger partial charge in [-0.3, -0.25) is 0 Å². The molecular weight excluding hydrogens is 188 g/mol. The van der Waals surface area contributed by atoms with E-state index in [4.69, 9.17) is 4.74 Å². The zero-order valence-corrected chi connectivity index (χ0v) is 10.4. The minimum atomic E-state index is -0.259. The molecule has 0 aliphatic heterocycles. The van der Waals surface area contributed by atoms with E-state index in [0.29, 0.717) is 11.8 Å². The summed E-state index contributed by atoms with van der Waals surface area (Å²) in [5.74, 6) is 1.17. The predicted molar refractivity (Wildman–Crippen MR) is 62.8 cm³/mol. The average Bonchev–Trinajstić information content (AvgIpc) is 2.30. The molecule has 4 atom stereocenters. The molecule has 0 radical (unpaired) electrons. The Hall–Kier alpha value is -0.0800. The maximum absolute atomic E-state index is 10.3. The molecule has 1 rings (SSSR count). The van der Waals surface area contributed by atoms with Crippen LogP contribution >= 0.6 is 0 Å². The van der Waals surface area contributed by atoms with Gasteiger partial charge in [-0.25, -0.2) is 0 Å². The number of aliphatic hydroxyl groups excluding tert-OH is 1. The molecule has 15 heavy (non-hydrogen) atoms. The highest BCUT2D eigenvalue weighted by molar-refractivity contribution is 4.84. The molecule has 1 saturated carbocycles. The van der Waals surface area contributed by atoms with Crippen molar-refractivity contribution in [3.63, 3.8) is 0 Å². The molecule has 0 aromatic rings. The predicted octanol–water partition coefficient (Wildman–Crippen LogP) is 2.99. The lowest BCUT2D eigenvalue weighted by Crippen LogP contribution is -2.39. The summed E-state index contributed by atoms with van der Waals surface area (Å²) in [6.07, 6.45) is 6.96.